The molecule has 1 aromatic heterocycles. The number of aromatic nitrogens is 2. The zero-order chi connectivity index (χ0) is 23.5. The third-order valence-corrected chi connectivity index (χ3v) is 6.21. The van der Waals surface area contributed by atoms with Gasteiger partial charge in [0.25, 0.3) is 5.91 Å². The van der Waals surface area contributed by atoms with Crippen LogP contribution in [0.1, 0.15) is 30.3 Å². The molecule has 1 saturated carbocycles. The first-order chi connectivity index (χ1) is 16.6. The lowest BCUT2D eigenvalue weighted by Crippen LogP contribution is -2.44. The summed E-state index contributed by atoms with van der Waals surface area (Å²) in [6.45, 7) is 6.14. The van der Waals surface area contributed by atoms with Gasteiger partial charge in [0.15, 0.2) is 5.82 Å². The summed E-state index contributed by atoms with van der Waals surface area (Å²) in [5.74, 6) is 1.06. The number of urea groups is 1. The molecule has 1 aliphatic carbocycles. The molecule has 5 rings (SSSR count). The highest BCUT2D eigenvalue weighted by molar-refractivity contribution is 5.94. The van der Waals surface area contributed by atoms with Crippen LogP contribution >= 0.6 is 0 Å². The molecule has 3 heterocycles. The third kappa shape index (κ3) is 5.28. The summed E-state index contributed by atoms with van der Waals surface area (Å²) < 4.78 is 11.0. The largest absolute Gasteiger partial charge is 0.378 e. The fraction of sp³-hybridized carbons (Fsp3) is 0.500. The van der Waals surface area contributed by atoms with Crippen LogP contribution in [-0.2, 0) is 9.47 Å². The number of hydrogen-bond acceptors (Lipinski definition) is 7. The van der Waals surface area contributed by atoms with E-state index < -0.39 is 0 Å². The van der Waals surface area contributed by atoms with Gasteiger partial charge in [-0.25, -0.2) is 14.8 Å². The number of anilines is 2. The smallest absolute Gasteiger partial charge is 0.319 e. The van der Waals surface area contributed by atoms with Crippen LogP contribution < -0.4 is 15.5 Å². The summed E-state index contributed by atoms with van der Waals surface area (Å²) in [5, 5.41) is 5.75. The summed E-state index contributed by atoms with van der Waals surface area (Å²) in [4.78, 5) is 38.6. The first kappa shape index (κ1) is 22.5. The van der Waals surface area contributed by atoms with Crippen molar-refractivity contribution in [2.24, 2.45) is 0 Å². The summed E-state index contributed by atoms with van der Waals surface area (Å²) >= 11 is 0. The molecule has 1 aromatic carbocycles. The molecule has 10 heteroatoms. The second-order valence-corrected chi connectivity index (χ2v) is 8.91. The van der Waals surface area contributed by atoms with Gasteiger partial charge in [-0.05, 0) is 44.0 Å². The van der Waals surface area contributed by atoms with Crippen molar-refractivity contribution in [2.75, 3.05) is 56.3 Å². The zero-order valence-corrected chi connectivity index (χ0v) is 19.3. The van der Waals surface area contributed by atoms with E-state index in [1.165, 1.54) is 0 Å². The van der Waals surface area contributed by atoms with Gasteiger partial charge in [-0.1, -0.05) is 0 Å². The normalized spacial score (nSPS) is 20.7. The van der Waals surface area contributed by atoms with E-state index in [0.29, 0.717) is 75.1 Å². The van der Waals surface area contributed by atoms with Gasteiger partial charge in [0.05, 0.1) is 32.5 Å². The van der Waals surface area contributed by atoms with Crippen molar-refractivity contribution in [3.05, 3.63) is 36.0 Å². The van der Waals surface area contributed by atoms with Crippen molar-refractivity contribution >= 4 is 23.4 Å². The van der Waals surface area contributed by atoms with E-state index in [9.17, 15) is 9.59 Å². The third-order valence-electron chi connectivity index (χ3n) is 6.21. The molecule has 2 N–H and O–H groups in total. The molecule has 2 aliphatic heterocycles. The molecule has 3 fully saturated rings. The van der Waals surface area contributed by atoms with Gasteiger partial charge in [0.2, 0.25) is 0 Å². The van der Waals surface area contributed by atoms with E-state index >= 15 is 0 Å². The van der Waals surface area contributed by atoms with Crippen molar-refractivity contribution < 1.29 is 19.1 Å². The van der Waals surface area contributed by atoms with Crippen LogP contribution in [0, 0.1) is 0 Å². The second kappa shape index (κ2) is 9.94. The topological polar surface area (TPSA) is 109 Å². The number of rotatable bonds is 5. The molecule has 180 valence electrons. The first-order valence-electron chi connectivity index (χ1n) is 11.9. The van der Waals surface area contributed by atoms with Gasteiger partial charge >= 0.3 is 6.03 Å². The van der Waals surface area contributed by atoms with Crippen LogP contribution in [0.15, 0.2) is 30.3 Å². The predicted molar refractivity (Wildman–Crippen MR) is 127 cm³/mol. The minimum absolute atomic E-state index is 0.121. The van der Waals surface area contributed by atoms with Crippen LogP contribution in [0.25, 0.3) is 11.4 Å². The van der Waals surface area contributed by atoms with Gasteiger partial charge in [-0.2, -0.15) is 0 Å². The average molecular weight is 467 g/mol. The summed E-state index contributed by atoms with van der Waals surface area (Å²) in [6.07, 6.45) is 2.07. The zero-order valence-electron chi connectivity index (χ0n) is 19.3. The van der Waals surface area contributed by atoms with Crippen molar-refractivity contribution in [1.82, 2.24) is 20.2 Å². The van der Waals surface area contributed by atoms with Gasteiger partial charge in [-0.15, -0.1) is 0 Å². The molecular weight excluding hydrogens is 436 g/mol. The van der Waals surface area contributed by atoms with Crippen molar-refractivity contribution in [3.8, 4) is 11.4 Å². The number of carbonyl (C=O) groups excluding carboxylic acids is 2. The highest BCUT2D eigenvalue weighted by Crippen LogP contribution is 2.25. The number of carbonyl (C=O) groups is 2. The molecule has 3 aliphatic rings. The minimum Gasteiger partial charge on any atom is -0.378 e. The molecule has 2 aromatic rings. The van der Waals surface area contributed by atoms with E-state index in [2.05, 4.69) is 27.4 Å². The highest BCUT2D eigenvalue weighted by Gasteiger charge is 2.26. The van der Waals surface area contributed by atoms with Crippen molar-refractivity contribution in [1.29, 1.82) is 0 Å². The maximum Gasteiger partial charge on any atom is 0.319 e. The lowest BCUT2D eigenvalue weighted by molar-refractivity contribution is 0.0299. The summed E-state index contributed by atoms with van der Waals surface area (Å²) in [5.41, 5.74) is 1.82. The average Bonchev–Trinajstić information content (AvgIpc) is 3.68. The molecule has 3 amide bonds. The SMILES string of the molecule is C[C@H]1COCCN1c1cc(C(=O)N2CCOCC2)nc(-c2ccc(NC(=O)NC3CC3)cc2)n1. The molecule has 2 saturated heterocycles. The number of amides is 3. The van der Waals surface area contributed by atoms with Gasteiger partial charge in [0, 0.05) is 43.0 Å². The fourth-order valence-corrected chi connectivity index (χ4v) is 4.10. The molecule has 34 heavy (non-hydrogen) atoms. The Balaban J connectivity index is 1.42. The Morgan fingerprint density at radius 2 is 1.74 bits per heavy atom. The highest BCUT2D eigenvalue weighted by atomic mass is 16.5. The van der Waals surface area contributed by atoms with E-state index in [1.54, 1.807) is 11.0 Å². The number of morpholine rings is 2. The molecule has 0 unspecified atom stereocenters. The van der Waals surface area contributed by atoms with Crippen molar-refractivity contribution in [2.45, 2.75) is 31.8 Å². The molecular formula is C24H30N6O4. The van der Waals surface area contributed by atoms with Crippen LogP contribution in [0.4, 0.5) is 16.3 Å². The summed E-state index contributed by atoms with van der Waals surface area (Å²) in [6, 6.07) is 9.36. The van der Waals surface area contributed by atoms with Crippen LogP contribution in [-0.4, -0.2) is 85.0 Å². The number of nitrogens with one attached hydrogen (secondary N) is 2. The Labute approximate surface area is 198 Å². The quantitative estimate of drug-likeness (QED) is 0.695. The second-order valence-electron chi connectivity index (χ2n) is 8.91. The Bertz CT molecular complexity index is 1040. The first-order valence-corrected chi connectivity index (χ1v) is 11.9. The van der Waals surface area contributed by atoms with Crippen LogP contribution in [0.5, 0.6) is 0 Å². The molecule has 0 radical (unpaired) electrons. The minimum atomic E-state index is -0.201. The molecule has 0 bridgehead atoms. The van der Waals surface area contributed by atoms with Crippen LogP contribution in [0.2, 0.25) is 0 Å². The number of benzene rings is 1. The van der Waals surface area contributed by atoms with E-state index in [4.69, 9.17) is 14.5 Å². The Morgan fingerprint density at radius 1 is 1.00 bits per heavy atom. The van der Waals surface area contributed by atoms with Gasteiger partial charge in [-0.3, -0.25) is 4.79 Å². The standard InChI is InChI=1S/C24H30N6O4/c1-16-15-34-13-10-30(16)21-14-20(23(31)29-8-11-33-12-9-29)27-22(28-21)17-2-4-18(5-3-17)25-24(32)26-19-6-7-19/h2-5,14,16,19H,6-13,15H2,1H3,(H2,25,26,32)/t16-/m0/s1. The monoisotopic (exact) mass is 466 g/mol. The lowest BCUT2D eigenvalue weighted by atomic mass is 10.1. The Kier molecular flexibility index (Phi) is 6.59. The molecule has 0 spiro atoms. The Morgan fingerprint density at radius 3 is 2.44 bits per heavy atom. The van der Waals surface area contributed by atoms with E-state index in [-0.39, 0.29) is 18.0 Å². The number of nitrogens with zero attached hydrogens (tertiary/aromatic N) is 4. The van der Waals surface area contributed by atoms with Crippen molar-refractivity contribution in [3.63, 3.8) is 0 Å². The maximum atomic E-state index is 13.3. The van der Waals surface area contributed by atoms with E-state index in [0.717, 1.165) is 18.4 Å². The lowest BCUT2D eigenvalue weighted by Gasteiger charge is -2.34. The fourth-order valence-electron chi connectivity index (χ4n) is 4.10. The Hall–Kier alpha value is -3.24. The number of ether oxygens (including phenoxy) is 2. The maximum absolute atomic E-state index is 13.3. The summed E-state index contributed by atoms with van der Waals surface area (Å²) in [7, 11) is 0. The molecule has 10 nitrogen and oxygen atoms in total. The number of hydrogen-bond donors (Lipinski definition) is 2. The van der Waals surface area contributed by atoms with Crippen LogP contribution in [0.3, 0.4) is 0 Å². The van der Waals surface area contributed by atoms with E-state index in [1.807, 2.05) is 24.3 Å². The van der Waals surface area contributed by atoms with Gasteiger partial charge in [0.1, 0.15) is 11.5 Å². The molecule has 1 atom stereocenters. The van der Waals surface area contributed by atoms with Gasteiger partial charge < -0.3 is 29.9 Å². The predicted octanol–water partition coefficient (Wildman–Crippen LogP) is 2.12.